The van der Waals surface area contributed by atoms with Crippen LogP contribution in [0.25, 0.3) is 0 Å². The number of nitrogens with zero attached hydrogens (tertiary/aromatic N) is 1. The van der Waals surface area contributed by atoms with E-state index in [4.69, 9.17) is 5.11 Å². The molecule has 1 aliphatic heterocycles. The molecule has 1 aliphatic rings. The highest BCUT2D eigenvalue weighted by atomic mass is 19.1. The second-order valence-corrected chi connectivity index (χ2v) is 4.53. The third kappa shape index (κ3) is 5.30. The first-order chi connectivity index (χ1) is 9.04. The molecule has 0 saturated heterocycles. The zero-order chi connectivity index (χ0) is 14.3. The molecular formula is C13H18FNO4. The van der Waals surface area contributed by atoms with E-state index >= 15 is 0 Å². The summed E-state index contributed by atoms with van der Waals surface area (Å²) in [5.41, 5.74) is 0. The van der Waals surface area contributed by atoms with E-state index in [9.17, 15) is 18.8 Å². The van der Waals surface area contributed by atoms with Gasteiger partial charge in [0.05, 0.1) is 6.42 Å². The Morgan fingerprint density at radius 3 is 2.63 bits per heavy atom. The van der Waals surface area contributed by atoms with Crippen LogP contribution in [0.4, 0.5) is 4.39 Å². The number of ketones is 2. The molecule has 1 heterocycles. The normalized spacial score (nSPS) is 15.7. The highest BCUT2D eigenvalue weighted by molar-refractivity contribution is 6.08. The fourth-order valence-corrected chi connectivity index (χ4v) is 1.83. The van der Waals surface area contributed by atoms with Gasteiger partial charge in [-0.15, -0.1) is 0 Å². The smallest absolute Gasteiger partial charge is 0.234 e. The number of amides is 1. The molecule has 0 aliphatic carbocycles. The molecule has 19 heavy (non-hydrogen) atoms. The Bertz CT molecular complexity index is 392. The maximum absolute atomic E-state index is 13.0. The van der Waals surface area contributed by atoms with Crippen molar-refractivity contribution in [1.29, 1.82) is 0 Å². The first kappa shape index (κ1) is 15.5. The van der Waals surface area contributed by atoms with E-state index in [1.54, 1.807) is 0 Å². The van der Waals surface area contributed by atoms with Gasteiger partial charge in [-0.05, 0) is 12.8 Å². The molecule has 0 aromatic carbocycles. The van der Waals surface area contributed by atoms with Crippen LogP contribution in [0.2, 0.25) is 0 Å². The summed E-state index contributed by atoms with van der Waals surface area (Å²) < 4.78 is 13.0. The monoisotopic (exact) mass is 271 g/mol. The molecular weight excluding hydrogens is 253 g/mol. The van der Waals surface area contributed by atoms with Crippen molar-refractivity contribution in [3.63, 3.8) is 0 Å². The second kappa shape index (κ2) is 7.78. The van der Waals surface area contributed by atoms with Gasteiger partial charge in [0.1, 0.15) is 6.61 Å². The lowest BCUT2D eigenvalue weighted by Crippen LogP contribution is -2.33. The minimum absolute atomic E-state index is 0.172. The number of aliphatic hydroxyl groups is 1. The largest absolute Gasteiger partial charge is 0.389 e. The third-order valence-electron chi connectivity index (χ3n) is 2.95. The highest BCUT2D eigenvalue weighted by Crippen LogP contribution is 2.14. The average Bonchev–Trinajstić information content (AvgIpc) is 2.38. The van der Waals surface area contributed by atoms with E-state index in [-0.39, 0.29) is 11.7 Å². The maximum atomic E-state index is 13.0. The lowest BCUT2D eigenvalue weighted by Gasteiger charge is -2.21. The fraction of sp³-hybridized carbons (Fsp3) is 0.615. The standard InChI is InChI=1S/C13H18FNO4/c14-11-8-15(13(19)7-12(11)18)6-4-2-1-3-5-10(17)9-16/h8,16H,1-7,9H2. The maximum Gasteiger partial charge on any atom is 0.234 e. The SMILES string of the molecule is O=C(CO)CCCCCCN1C=C(F)C(=O)CC1=O. The number of carbonyl (C=O) groups excluding carboxylic acids is 3. The van der Waals surface area contributed by atoms with Gasteiger partial charge in [0.15, 0.2) is 11.6 Å². The lowest BCUT2D eigenvalue weighted by molar-refractivity contribution is -0.134. The zero-order valence-corrected chi connectivity index (χ0v) is 10.7. The molecule has 0 saturated carbocycles. The van der Waals surface area contributed by atoms with Gasteiger partial charge in [0, 0.05) is 19.2 Å². The third-order valence-corrected chi connectivity index (χ3v) is 2.95. The van der Waals surface area contributed by atoms with Crippen molar-refractivity contribution < 1.29 is 23.9 Å². The number of hydrogen-bond acceptors (Lipinski definition) is 4. The van der Waals surface area contributed by atoms with E-state index in [1.165, 1.54) is 4.90 Å². The minimum atomic E-state index is -0.867. The summed E-state index contributed by atoms with van der Waals surface area (Å²) >= 11 is 0. The van der Waals surface area contributed by atoms with Gasteiger partial charge >= 0.3 is 0 Å². The molecule has 0 aromatic heterocycles. The van der Waals surface area contributed by atoms with E-state index in [2.05, 4.69) is 0 Å². The van der Waals surface area contributed by atoms with Crippen LogP contribution >= 0.6 is 0 Å². The number of allylic oxidation sites excluding steroid dienone is 1. The van der Waals surface area contributed by atoms with Crippen molar-refractivity contribution >= 4 is 17.5 Å². The number of Topliss-reactive ketones (excluding diaryl/α,β-unsaturated/α-hetero) is 2. The van der Waals surface area contributed by atoms with Crippen molar-refractivity contribution in [1.82, 2.24) is 4.90 Å². The summed E-state index contributed by atoms with van der Waals surface area (Å²) in [6.45, 7) is -0.0339. The molecule has 1 N–H and O–H groups in total. The van der Waals surface area contributed by atoms with Crippen molar-refractivity contribution in [2.24, 2.45) is 0 Å². The van der Waals surface area contributed by atoms with Gasteiger partial charge in [-0.1, -0.05) is 12.8 Å². The van der Waals surface area contributed by atoms with Crippen LogP contribution in [0.1, 0.15) is 38.5 Å². The number of carbonyl (C=O) groups is 3. The molecule has 0 spiro atoms. The quantitative estimate of drug-likeness (QED) is 0.530. The van der Waals surface area contributed by atoms with Crippen molar-refractivity contribution in [3.8, 4) is 0 Å². The van der Waals surface area contributed by atoms with Crippen LogP contribution in [0.3, 0.4) is 0 Å². The summed E-state index contributed by atoms with van der Waals surface area (Å²) in [6, 6.07) is 0. The number of hydrogen-bond donors (Lipinski definition) is 1. The Kier molecular flexibility index (Phi) is 6.35. The number of halogens is 1. The van der Waals surface area contributed by atoms with Crippen LogP contribution in [0, 0.1) is 0 Å². The van der Waals surface area contributed by atoms with E-state index in [0.717, 1.165) is 19.0 Å². The van der Waals surface area contributed by atoms with Gasteiger partial charge in [0.25, 0.3) is 0 Å². The first-order valence-corrected chi connectivity index (χ1v) is 6.37. The van der Waals surface area contributed by atoms with Gasteiger partial charge < -0.3 is 10.0 Å². The lowest BCUT2D eigenvalue weighted by atomic mass is 10.1. The van der Waals surface area contributed by atoms with Crippen LogP contribution in [0.15, 0.2) is 12.0 Å². The fourth-order valence-electron chi connectivity index (χ4n) is 1.83. The van der Waals surface area contributed by atoms with Crippen LogP contribution in [0.5, 0.6) is 0 Å². The Hall–Kier alpha value is -1.56. The van der Waals surface area contributed by atoms with Gasteiger partial charge in [-0.2, -0.15) is 0 Å². The summed E-state index contributed by atoms with van der Waals surface area (Å²) in [7, 11) is 0. The Balaban J connectivity index is 2.17. The second-order valence-electron chi connectivity index (χ2n) is 4.53. The molecule has 6 heteroatoms. The number of aliphatic hydroxyl groups excluding tert-OH is 1. The molecule has 0 bridgehead atoms. The van der Waals surface area contributed by atoms with Crippen molar-refractivity contribution in [3.05, 3.63) is 12.0 Å². The zero-order valence-electron chi connectivity index (χ0n) is 10.7. The van der Waals surface area contributed by atoms with Crippen LogP contribution in [-0.4, -0.2) is 40.6 Å². The summed E-state index contributed by atoms with van der Waals surface area (Å²) in [5, 5.41) is 8.52. The summed E-state index contributed by atoms with van der Waals surface area (Å²) in [6.07, 6.45) is 3.96. The number of rotatable bonds is 8. The molecule has 0 aromatic rings. The number of unbranched alkanes of at least 4 members (excludes halogenated alkanes) is 3. The Labute approximate surface area is 111 Å². The Morgan fingerprint density at radius 2 is 1.95 bits per heavy atom. The predicted octanol–water partition coefficient (Wildman–Crippen LogP) is 1.11. The molecule has 0 fully saturated rings. The molecule has 106 valence electrons. The van der Waals surface area contributed by atoms with E-state index in [1.807, 2.05) is 0 Å². The predicted molar refractivity (Wildman–Crippen MR) is 65.7 cm³/mol. The van der Waals surface area contributed by atoms with E-state index in [0.29, 0.717) is 25.8 Å². The van der Waals surface area contributed by atoms with Gasteiger partial charge in [-0.25, -0.2) is 4.39 Å². The van der Waals surface area contributed by atoms with Crippen molar-refractivity contribution in [2.75, 3.05) is 13.2 Å². The van der Waals surface area contributed by atoms with Crippen molar-refractivity contribution in [2.45, 2.75) is 38.5 Å². The molecule has 5 nitrogen and oxygen atoms in total. The van der Waals surface area contributed by atoms with Crippen LogP contribution in [-0.2, 0) is 14.4 Å². The van der Waals surface area contributed by atoms with Gasteiger partial charge in [-0.3, -0.25) is 14.4 Å². The van der Waals surface area contributed by atoms with Gasteiger partial charge in [0.2, 0.25) is 11.7 Å². The minimum Gasteiger partial charge on any atom is -0.389 e. The highest BCUT2D eigenvalue weighted by Gasteiger charge is 2.25. The van der Waals surface area contributed by atoms with E-state index < -0.39 is 24.6 Å². The first-order valence-electron chi connectivity index (χ1n) is 6.37. The van der Waals surface area contributed by atoms with Crippen LogP contribution < -0.4 is 0 Å². The molecule has 0 radical (unpaired) electrons. The summed E-state index contributed by atoms with van der Waals surface area (Å²) in [4.78, 5) is 34.4. The Morgan fingerprint density at radius 1 is 1.26 bits per heavy atom. The molecule has 0 unspecified atom stereocenters. The summed E-state index contributed by atoms with van der Waals surface area (Å²) in [5.74, 6) is -2.17. The molecule has 1 rings (SSSR count). The average molecular weight is 271 g/mol. The molecule has 1 amide bonds. The topological polar surface area (TPSA) is 74.7 Å². The molecule has 0 atom stereocenters.